The minimum atomic E-state index is -0.704. The molecule has 1 unspecified atom stereocenters. The molecule has 4 aromatic carbocycles. The van der Waals surface area contributed by atoms with E-state index < -0.39 is 16.8 Å². The number of esters is 1. The maximum Gasteiger partial charge on any atom is 0.343 e. The molecule has 0 amide bonds. The Labute approximate surface area is 234 Å². The fourth-order valence-corrected chi connectivity index (χ4v) is 4.45. The van der Waals surface area contributed by atoms with Crippen molar-refractivity contribution in [3.8, 4) is 29.1 Å². The highest BCUT2D eigenvalue weighted by Gasteiger charge is 2.32. The zero-order valence-electron chi connectivity index (χ0n) is 21.8. The van der Waals surface area contributed by atoms with Gasteiger partial charge >= 0.3 is 5.97 Å². The summed E-state index contributed by atoms with van der Waals surface area (Å²) in [6, 6.07) is 27.1. The summed E-state index contributed by atoms with van der Waals surface area (Å²) >= 11 is 0. The van der Waals surface area contributed by atoms with Gasteiger partial charge in [0.15, 0.2) is 11.5 Å². The maximum atomic E-state index is 12.6. The van der Waals surface area contributed by atoms with Gasteiger partial charge in [0.1, 0.15) is 29.7 Å². The summed E-state index contributed by atoms with van der Waals surface area (Å²) in [5.74, 6) is 0.134. The number of nitrogens with two attached hydrogens (primary N) is 1. The number of methoxy groups -OCH3 is 1. The number of benzene rings is 4. The molecular weight excluding hydrogens is 526 g/mol. The van der Waals surface area contributed by atoms with Crippen molar-refractivity contribution < 1.29 is 28.7 Å². The van der Waals surface area contributed by atoms with Crippen molar-refractivity contribution in [2.24, 2.45) is 5.73 Å². The Balaban J connectivity index is 1.41. The van der Waals surface area contributed by atoms with E-state index in [1.165, 1.54) is 37.4 Å². The molecule has 0 radical (unpaired) electrons. The first kappa shape index (κ1) is 26.8. The zero-order chi connectivity index (χ0) is 28.9. The van der Waals surface area contributed by atoms with E-state index in [1.54, 1.807) is 24.3 Å². The number of nitriles is 1. The maximum absolute atomic E-state index is 12.6. The quantitative estimate of drug-likeness (QED) is 0.128. The van der Waals surface area contributed by atoms with E-state index in [4.69, 9.17) is 24.7 Å². The van der Waals surface area contributed by atoms with Crippen LogP contribution in [0.15, 0.2) is 102 Å². The summed E-state index contributed by atoms with van der Waals surface area (Å²) < 4.78 is 22.8. The first-order chi connectivity index (χ1) is 19.9. The third kappa shape index (κ3) is 5.65. The highest BCUT2D eigenvalue weighted by Crippen LogP contribution is 2.45. The normalized spacial score (nSPS) is 13.8. The summed E-state index contributed by atoms with van der Waals surface area (Å²) in [7, 11) is 1.54. The minimum Gasteiger partial charge on any atom is -0.493 e. The van der Waals surface area contributed by atoms with Gasteiger partial charge in [-0.3, -0.25) is 10.1 Å². The molecule has 0 spiro atoms. The summed E-state index contributed by atoms with van der Waals surface area (Å²) in [5.41, 5.74) is 8.71. The molecule has 4 aromatic rings. The van der Waals surface area contributed by atoms with Gasteiger partial charge in [0.25, 0.3) is 5.69 Å². The average Bonchev–Trinajstić information content (AvgIpc) is 2.99. The highest BCUT2D eigenvalue weighted by atomic mass is 16.6. The number of hydrogen-bond acceptors (Lipinski definition) is 9. The van der Waals surface area contributed by atoms with Gasteiger partial charge in [-0.25, -0.2) is 4.79 Å². The predicted octanol–water partition coefficient (Wildman–Crippen LogP) is 5.62. The van der Waals surface area contributed by atoms with Crippen LogP contribution in [0.5, 0.6) is 23.0 Å². The molecule has 0 saturated carbocycles. The van der Waals surface area contributed by atoms with Crippen LogP contribution in [-0.2, 0) is 6.61 Å². The van der Waals surface area contributed by atoms with Crippen LogP contribution in [0.1, 0.15) is 33.0 Å². The number of nitrogens with zero attached hydrogens (tertiary/aromatic N) is 2. The standard InChI is InChI=1S/C31H23N3O7/c1-38-28-15-21(9-14-26(28)39-18-19-5-3-2-4-6-19)29-24-13-12-23(16-27(24)41-30(33)25(29)17-32)40-31(35)20-7-10-22(11-8-20)34(36)37/h2-16,29H,18,33H2,1H3. The third-order valence-electron chi connectivity index (χ3n) is 6.47. The smallest absolute Gasteiger partial charge is 0.343 e. The first-order valence-corrected chi connectivity index (χ1v) is 12.4. The molecule has 1 aliphatic rings. The van der Waals surface area contributed by atoms with Gasteiger partial charge in [0.05, 0.1) is 23.5 Å². The van der Waals surface area contributed by atoms with E-state index in [9.17, 15) is 20.2 Å². The second kappa shape index (κ2) is 11.5. The van der Waals surface area contributed by atoms with E-state index in [1.807, 2.05) is 36.4 Å². The predicted molar refractivity (Wildman–Crippen MR) is 148 cm³/mol. The van der Waals surface area contributed by atoms with Gasteiger partial charge in [0.2, 0.25) is 5.88 Å². The minimum absolute atomic E-state index is 0.0767. The number of non-ortho nitro benzene ring substituents is 1. The Morgan fingerprint density at radius 2 is 1.78 bits per heavy atom. The molecular formula is C31H23N3O7. The van der Waals surface area contributed by atoms with Crippen LogP contribution in [0.25, 0.3) is 0 Å². The molecule has 1 atom stereocenters. The van der Waals surface area contributed by atoms with Gasteiger partial charge < -0.3 is 24.7 Å². The summed E-state index contributed by atoms with van der Waals surface area (Å²) in [6.07, 6.45) is 0. The van der Waals surface area contributed by atoms with E-state index in [-0.39, 0.29) is 28.5 Å². The number of carbonyl (C=O) groups excluding carboxylic acids is 1. The summed E-state index contributed by atoms with van der Waals surface area (Å²) in [6.45, 7) is 0.355. The Bertz CT molecular complexity index is 1690. The molecule has 10 nitrogen and oxygen atoms in total. The van der Waals surface area contributed by atoms with Gasteiger partial charge in [-0.1, -0.05) is 42.5 Å². The van der Waals surface area contributed by atoms with E-state index in [0.29, 0.717) is 35.0 Å². The molecule has 5 rings (SSSR count). The largest absolute Gasteiger partial charge is 0.493 e. The third-order valence-corrected chi connectivity index (χ3v) is 6.47. The lowest BCUT2D eigenvalue weighted by Gasteiger charge is -2.27. The van der Waals surface area contributed by atoms with Crippen molar-refractivity contribution in [1.82, 2.24) is 0 Å². The van der Waals surface area contributed by atoms with Crippen LogP contribution in [0, 0.1) is 21.4 Å². The van der Waals surface area contributed by atoms with Crippen molar-refractivity contribution >= 4 is 11.7 Å². The number of hydrogen-bond donors (Lipinski definition) is 1. The van der Waals surface area contributed by atoms with Crippen molar-refractivity contribution in [2.75, 3.05) is 7.11 Å². The Morgan fingerprint density at radius 1 is 1.02 bits per heavy atom. The zero-order valence-corrected chi connectivity index (χ0v) is 21.8. The van der Waals surface area contributed by atoms with Gasteiger partial charge in [-0.15, -0.1) is 0 Å². The molecule has 0 aliphatic carbocycles. The second-order valence-corrected chi connectivity index (χ2v) is 9.00. The molecule has 0 saturated heterocycles. The van der Waals surface area contributed by atoms with Crippen LogP contribution in [-0.4, -0.2) is 18.0 Å². The molecule has 2 N–H and O–H groups in total. The fourth-order valence-electron chi connectivity index (χ4n) is 4.45. The molecule has 204 valence electrons. The molecule has 10 heteroatoms. The molecule has 1 heterocycles. The average molecular weight is 550 g/mol. The second-order valence-electron chi connectivity index (χ2n) is 9.00. The van der Waals surface area contributed by atoms with Crippen LogP contribution < -0.4 is 24.7 Å². The van der Waals surface area contributed by atoms with Crippen molar-refractivity contribution in [3.05, 3.63) is 135 Å². The van der Waals surface area contributed by atoms with Crippen LogP contribution >= 0.6 is 0 Å². The van der Waals surface area contributed by atoms with E-state index >= 15 is 0 Å². The Morgan fingerprint density at radius 3 is 2.46 bits per heavy atom. The van der Waals surface area contributed by atoms with Gasteiger partial charge in [0, 0.05) is 23.8 Å². The number of rotatable bonds is 8. The van der Waals surface area contributed by atoms with E-state index in [2.05, 4.69) is 6.07 Å². The van der Waals surface area contributed by atoms with Crippen LogP contribution in [0.2, 0.25) is 0 Å². The molecule has 41 heavy (non-hydrogen) atoms. The number of fused-ring (bicyclic) bond motifs is 1. The van der Waals surface area contributed by atoms with Crippen molar-refractivity contribution in [1.29, 1.82) is 5.26 Å². The molecule has 0 aromatic heterocycles. The molecule has 1 aliphatic heterocycles. The van der Waals surface area contributed by atoms with Crippen LogP contribution in [0.4, 0.5) is 5.69 Å². The summed E-state index contributed by atoms with van der Waals surface area (Å²) in [4.78, 5) is 22.9. The number of allylic oxidation sites excluding steroid dienone is 1. The Hall–Kier alpha value is -5.82. The van der Waals surface area contributed by atoms with E-state index in [0.717, 1.165) is 5.56 Å². The fraction of sp³-hybridized carbons (Fsp3) is 0.0968. The number of nitro benzene ring substituents is 1. The lowest BCUT2D eigenvalue weighted by molar-refractivity contribution is -0.384. The first-order valence-electron chi connectivity index (χ1n) is 12.4. The van der Waals surface area contributed by atoms with Crippen molar-refractivity contribution in [3.63, 3.8) is 0 Å². The highest BCUT2D eigenvalue weighted by molar-refractivity contribution is 5.91. The summed E-state index contributed by atoms with van der Waals surface area (Å²) in [5, 5.41) is 20.8. The molecule has 0 fully saturated rings. The van der Waals surface area contributed by atoms with Gasteiger partial charge in [-0.05, 0) is 41.5 Å². The Kier molecular flexibility index (Phi) is 7.52. The lowest BCUT2D eigenvalue weighted by atomic mass is 9.83. The topological polar surface area (TPSA) is 147 Å². The van der Waals surface area contributed by atoms with Gasteiger partial charge in [-0.2, -0.15) is 5.26 Å². The van der Waals surface area contributed by atoms with Crippen LogP contribution in [0.3, 0.4) is 0 Å². The van der Waals surface area contributed by atoms with Crippen molar-refractivity contribution in [2.45, 2.75) is 12.5 Å². The number of carbonyl (C=O) groups is 1. The lowest BCUT2D eigenvalue weighted by Crippen LogP contribution is -2.21. The molecule has 0 bridgehead atoms. The monoisotopic (exact) mass is 549 g/mol. The number of ether oxygens (including phenoxy) is 4. The number of nitro groups is 1. The SMILES string of the molecule is COc1cc(C2C(C#N)=C(N)Oc3cc(OC(=O)c4ccc([N+](=O)[O-])cc4)ccc32)ccc1OCc1ccccc1.